The highest BCUT2D eigenvalue weighted by molar-refractivity contribution is 5.47. The predicted molar refractivity (Wildman–Crippen MR) is 235 cm³/mol. The van der Waals surface area contributed by atoms with E-state index in [1.165, 1.54) is 115 Å². The molecule has 0 amide bonds. The molecule has 0 radical (unpaired) electrons. The van der Waals surface area contributed by atoms with Gasteiger partial charge < -0.3 is 0 Å². The standard InChI is InChI=1S/C55H70/c1-38(2)9-8-10-41(5)50-29-30-51-49-28-27-48-37-55(34-33-53(48,6)52(49)31-32-54(50,51)7,46-23-19-44(20-24-46)35-42-15-11-39(3)12-16-42)47-25-21-45(22-26-47)36-43-17-13-40(4)14-18-43/h11-27,38,41,49-52H,8-10,28-37H2,1-7H3/t41?,49?,50?,51?,52?,53-,54+/m0/s1. The molecule has 7 atom stereocenters. The Morgan fingerprint density at radius 2 is 1.11 bits per heavy atom. The van der Waals surface area contributed by atoms with Crippen LogP contribution < -0.4 is 0 Å². The Morgan fingerprint density at radius 1 is 0.582 bits per heavy atom. The minimum absolute atomic E-state index is 0.00993. The largest absolute Gasteiger partial charge is 0.0844 e. The third-order valence-electron chi connectivity index (χ3n) is 16.5. The number of aryl methyl sites for hydroxylation is 2. The van der Waals surface area contributed by atoms with Gasteiger partial charge in [0, 0.05) is 5.41 Å². The molecule has 0 spiro atoms. The molecule has 5 unspecified atom stereocenters. The van der Waals surface area contributed by atoms with Crippen molar-refractivity contribution in [2.24, 2.45) is 46.3 Å². The smallest absolute Gasteiger partial charge is 0.0240 e. The molecular formula is C55H70. The molecule has 0 heterocycles. The highest BCUT2D eigenvalue weighted by Crippen LogP contribution is 2.69. The molecule has 0 heteroatoms. The summed E-state index contributed by atoms with van der Waals surface area (Å²) in [5.74, 6) is 5.25. The average Bonchev–Trinajstić information content (AvgIpc) is 3.54. The minimum atomic E-state index is 0.00993. The summed E-state index contributed by atoms with van der Waals surface area (Å²) in [5, 5.41) is 0. The Labute approximate surface area is 335 Å². The van der Waals surface area contributed by atoms with Crippen LogP contribution in [0.25, 0.3) is 0 Å². The second-order valence-electron chi connectivity index (χ2n) is 20.3. The van der Waals surface area contributed by atoms with Crippen molar-refractivity contribution in [2.45, 2.75) is 137 Å². The third-order valence-corrected chi connectivity index (χ3v) is 16.5. The van der Waals surface area contributed by atoms with Gasteiger partial charge in [-0.3, -0.25) is 0 Å². The topological polar surface area (TPSA) is 0 Å². The first-order valence-corrected chi connectivity index (χ1v) is 22.5. The summed E-state index contributed by atoms with van der Waals surface area (Å²) in [4.78, 5) is 0. The zero-order valence-electron chi connectivity index (χ0n) is 35.5. The van der Waals surface area contributed by atoms with Crippen LogP contribution in [0.4, 0.5) is 0 Å². The zero-order valence-corrected chi connectivity index (χ0v) is 35.5. The molecule has 0 nitrogen and oxygen atoms in total. The number of benzene rings is 4. The van der Waals surface area contributed by atoms with Crippen molar-refractivity contribution in [3.05, 3.63) is 153 Å². The van der Waals surface area contributed by atoms with Gasteiger partial charge in [0.1, 0.15) is 0 Å². The van der Waals surface area contributed by atoms with Gasteiger partial charge in [0.25, 0.3) is 0 Å². The van der Waals surface area contributed by atoms with Crippen LogP contribution in [-0.2, 0) is 18.3 Å². The van der Waals surface area contributed by atoms with E-state index in [2.05, 4.69) is 152 Å². The van der Waals surface area contributed by atoms with Crippen LogP contribution >= 0.6 is 0 Å². The van der Waals surface area contributed by atoms with E-state index in [1.54, 1.807) is 5.57 Å². The van der Waals surface area contributed by atoms with E-state index < -0.39 is 0 Å². The number of hydrogen-bond donors (Lipinski definition) is 0. The number of fused-ring (bicyclic) bond motifs is 5. The molecule has 55 heavy (non-hydrogen) atoms. The van der Waals surface area contributed by atoms with Crippen LogP contribution in [0.2, 0.25) is 0 Å². The lowest BCUT2D eigenvalue weighted by Crippen LogP contribution is -2.52. The number of hydrogen-bond acceptors (Lipinski definition) is 0. The van der Waals surface area contributed by atoms with E-state index in [-0.39, 0.29) is 5.41 Å². The number of rotatable bonds is 11. The molecular weight excluding hydrogens is 661 g/mol. The van der Waals surface area contributed by atoms with Crippen LogP contribution in [0.15, 0.2) is 109 Å². The maximum Gasteiger partial charge on any atom is 0.0240 e. The lowest BCUT2D eigenvalue weighted by Gasteiger charge is -2.60. The van der Waals surface area contributed by atoms with E-state index in [1.807, 2.05) is 0 Å². The van der Waals surface area contributed by atoms with Crippen LogP contribution in [0.1, 0.15) is 150 Å². The minimum Gasteiger partial charge on any atom is -0.0844 e. The zero-order chi connectivity index (χ0) is 38.4. The SMILES string of the molecule is Cc1ccc(Cc2ccc(C3(c4ccc(Cc5ccc(C)cc5)cc4)CC[C@@]4(C)C(=CCC5C6CCC(C(C)CCCC(C)C)[C@@]6(C)CCC54)C3)cc2)cc1. The predicted octanol–water partition coefficient (Wildman–Crippen LogP) is 14.8. The second-order valence-corrected chi connectivity index (χ2v) is 20.3. The van der Waals surface area contributed by atoms with Gasteiger partial charge in [-0.25, -0.2) is 0 Å². The second kappa shape index (κ2) is 15.5. The van der Waals surface area contributed by atoms with Gasteiger partial charge in [0.2, 0.25) is 0 Å². The van der Waals surface area contributed by atoms with Gasteiger partial charge in [-0.15, -0.1) is 0 Å². The van der Waals surface area contributed by atoms with Crippen molar-refractivity contribution in [3.8, 4) is 0 Å². The van der Waals surface area contributed by atoms with Gasteiger partial charge in [0.15, 0.2) is 0 Å². The summed E-state index contributed by atoms with van der Waals surface area (Å²) in [7, 11) is 0. The van der Waals surface area contributed by atoms with E-state index in [0.29, 0.717) is 10.8 Å². The molecule has 8 rings (SSSR count). The first-order chi connectivity index (χ1) is 26.5. The lowest BCUT2D eigenvalue weighted by molar-refractivity contribution is -0.0530. The van der Waals surface area contributed by atoms with Crippen molar-refractivity contribution in [2.75, 3.05) is 0 Å². The van der Waals surface area contributed by atoms with E-state index in [4.69, 9.17) is 0 Å². The Hall–Kier alpha value is -3.38. The molecule has 0 aromatic heterocycles. The number of allylic oxidation sites excluding steroid dienone is 2. The van der Waals surface area contributed by atoms with Crippen LogP contribution in [0, 0.1) is 60.2 Å². The Kier molecular flexibility index (Phi) is 10.9. The van der Waals surface area contributed by atoms with Crippen molar-refractivity contribution < 1.29 is 0 Å². The maximum absolute atomic E-state index is 2.82. The molecule has 0 saturated heterocycles. The molecule has 290 valence electrons. The van der Waals surface area contributed by atoms with Crippen molar-refractivity contribution in [1.82, 2.24) is 0 Å². The van der Waals surface area contributed by atoms with Gasteiger partial charge in [-0.1, -0.05) is 174 Å². The van der Waals surface area contributed by atoms with Gasteiger partial charge in [-0.05, 0) is 158 Å². The molecule has 3 fully saturated rings. The van der Waals surface area contributed by atoms with E-state index in [9.17, 15) is 0 Å². The summed E-state index contributed by atoms with van der Waals surface area (Å²) in [5.41, 5.74) is 13.9. The van der Waals surface area contributed by atoms with Crippen LogP contribution in [0.3, 0.4) is 0 Å². The van der Waals surface area contributed by atoms with Crippen molar-refractivity contribution in [1.29, 1.82) is 0 Å². The van der Waals surface area contributed by atoms with Gasteiger partial charge in [-0.2, -0.15) is 0 Å². The fourth-order valence-electron chi connectivity index (χ4n) is 13.1. The maximum atomic E-state index is 2.82. The van der Waals surface area contributed by atoms with E-state index in [0.717, 1.165) is 48.3 Å². The molecule has 4 aliphatic carbocycles. The summed E-state index contributed by atoms with van der Waals surface area (Å²) >= 11 is 0. The van der Waals surface area contributed by atoms with Gasteiger partial charge in [0.05, 0.1) is 0 Å². The Balaban J connectivity index is 1.07. The molecule has 0 aliphatic heterocycles. The fraction of sp³-hybridized carbons (Fsp3) is 0.527. The molecule has 3 saturated carbocycles. The average molecular weight is 731 g/mol. The first kappa shape index (κ1) is 38.5. The van der Waals surface area contributed by atoms with Crippen LogP contribution in [-0.4, -0.2) is 0 Å². The quantitative estimate of drug-likeness (QED) is 0.135. The summed E-state index contributed by atoms with van der Waals surface area (Å²) in [6, 6.07) is 37.9. The van der Waals surface area contributed by atoms with Gasteiger partial charge >= 0.3 is 0 Å². The first-order valence-electron chi connectivity index (χ1n) is 22.5. The normalized spacial score (nSPS) is 28.9. The lowest BCUT2D eigenvalue weighted by atomic mass is 9.44. The molecule has 4 aromatic rings. The summed E-state index contributed by atoms with van der Waals surface area (Å²) in [6.45, 7) is 17.2. The Morgan fingerprint density at radius 3 is 1.64 bits per heavy atom. The fourth-order valence-corrected chi connectivity index (χ4v) is 13.1. The van der Waals surface area contributed by atoms with Crippen LogP contribution in [0.5, 0.6) is 0 Å². The van der Waals surface area contributed by atoms with E-state index >= 15 is 0 Å². The van der Waals surface area contributed by atoms with Crippen molar-refractivity contribution >= 4 is 0 Å². The highest BCUT2D eigenvalue weighted by Gasteiger charge is 2.60. The molecule has 0 N–H and O–H groups in total. The third kappa shape index (κ3) is 7.46. The molecule has 4 aliphatic rings. The van der Waals surface area contributed by atoms with Crippen molar-refractivity contribution in [3.63, 3.8) is 0 Å². The Bertz CT molecular complexity index is 1830. The molecule has 4 aromatic carbocycles. The molecule has 0 bridgehead atoms. The summed E-state index contributed by atoms with van der Waals surface area (Å²) in [6.07, 6.45) is 19.9. The summed E-state index contributed by atoms with van der Waals surface area (Å²) < 4.78 is 0. The monoisotopic (exact) mass is 731 g/mol. The highest BCUT2D eigenvalue weighted by atomic mass is 14.6.